The van der Waals surface area contributed by atoms with Gasteiger partial charge in [-0.15, -0.1) is 0 Å². The molecular weight excluding hydrogens is 293 g/mol. The van der Waals surface area contributed by atoms with Crippen LogP contribution in [0.15, 0.2) is 42.6 Å². The minimum absolute atomic E-state index is 0.508. The Bertz CT molecular complexity index is 593. The predicted octanol–water partition coefficient (Wildman–Crippen LogP) is 3.62. The molecule has 0 aliphatic rings. The number of methoxy groups -OCH3 is 1. The number of halogens is 3. The van der Waals surface area contributed by atoms with Crippen molar-refractivity contribution < 1.29 is 17.9 Å². The third kappa shape index (κ3) is 4.35. The van der Waals surface area contributed by atoms with Crippen molar-refractivity contribution >= 4 is 0 Å². The molecule has 22 heavy (non-hydrogen) atoms. The number of nitrogens with one attached hydrogen (secondary N) is 1. The maximum Gasteiger partial charge on any atom is 0.416 e. The van der Waals surface area contributed by atoms with Crippen LogP contribution in [0, 0.1) is 0 Å². The van der Waals surface area contributed by atoms with E-state index in [0.717, 1.165) is 30.8 Å². The summed E-state index contributed by atoms with van der Waals surface area (Å²) in [4.78, 5) is 0. The van der Waals surface area contributed by atoms with Gasteiger partial charge in [0.15, 0.2) is 0 Å². The Morgan fingerprint density at radius 2 is 2.00 bits per heavy atom. The Hall–Kier alpha value is -1.79. The van der Waals surface area contributed by atoms with E-state index >= 15 is 0 Å². The lowest BCUT2D eigenvalue weighted by molar-refractivity contribution is -0.137. The zero-order chi connectivity index (χ0) is 16.0. The molecule has 1 N–H and O–H groups in total. The molecule has 1 aromatic heterocycles. The number of alkyl halides is 3. The quantitative estimate of drug-likeness (QED) is 0.790. The number of nitrogens with zero attached hydrogens (tertiary/aromatic N) is 1. The first kappa shape index (κ1) is 16.6. The second-order valence-electron chi connectivity index (χ2n) is 4.94. The summed E-state index contributed by atoms with van der Waals surface area (Å²) in [5.74, 6) is 0. The molecule has 2 rings (SSSR count). The standard InChI is InChI=1S/C16H19F3N2O/c1-22-10-4-8-20-12-15-7-3-9-21(15)14-6-2-5-13(11-14)16(17,18)19/h2-3,5-7,9,11,20H,4,8,10,12H2,1H3. The fraction of sp³-hybridized carbons (Fsp3) is 0.375. The van der Waals surface area contributed by atoms with Crippen molar-refractivity contribution in [2.45, 2.75) is 19.1 Å². The highest BCUT2D eigenvalue weighted by Gasteiger charge is 2.30. The van der Waals surface area contributed by atoms with Crippen molar-refractivity contribution in [1.29, 1.82) is 0 Å². The molecule has 0 saturated carbocycles. The SMILES string of the molecule is COCCCNCc1cccn1-c1cccc(C(F)(F)F)c1. The van der Waals surface area contributed by atoms with Crippen molar-refractivity contribution in [3.05, 3.63) is 53.9 Å². The Morgan fingerprint density at radius 1 is 1.18 bits per heavy atom. The van der Waals surface area contributed by atoms with E-state index in [1.807, 2.05) is 12.1 Å². The molecule has 6 heteroatoms. The van der Waals surface area contributed by atoms with Crippen LogP contribution in [0.3, 0.4) is 0 Å². The van der Waals surface area contributed by atoms with Crippen molar-refractivity contribution in [2.75, 3.05) is 20.3 Å². The van der Waals surface area contributed by atoms with Crippen LogP contribution in [0.4, 0.5) is 13.2 Å². The van der Waals surface area contributed by atoms with Crippen LogP contribution in [-0.2, 0) is 17.5 Å². The molecular formula is C16H19F3N2O. The lowest BCUT2D eigenvalue weighted by Gasteiger charge is -2.13. The van der Waals surface area contributed by atoms with Crippen LogP contribution >= 0.6 is 0 Å². The van der Waals surface area contributed by atoms with Gasteiger partial charge < -0.3 is 14.6 Å². The second-order valence-corrected chi connectivity index (χ2v) is 4.94. The maximum atomic E-state index is 12.8. The summed E-state index contributed by atoms with van der Waals surface area (Å²) in [6.07, 6.45) is -1.68. The zero-order valence-corrected chi connectivity index (χ0v) is 12.4. The Labute approximate surface area is 127 Å². The topological polar surface area (TPSA) is 26.2 Å². The summed E-state index contributed by atoms with van der Waals surface area (Å²) in [5.41, 5.74) is 0.781. The van der Waals surface area contributed by atoms with Gasteiger partial charge in [-0.2, -0.15) is 13.2 Å². The highest BCUT2D eigenvalue weighted by molar-refractivity contribution is 5.39. The van der Waals surface area contributed by atoms with Gasteiger partial charge in [0.2, 0.25) is 0 Å². The molecule has 120 valence electrons. The fourth-order valence-corrected chi connectivity index (χ4v) is 2.20. The number of hydrogen-bond donors (Lipinski definition) is 1. The smallest absolute Gasteiger partial charge is 0.385 e. The number of ether oxygens (including phenoxy) is 1. The van der Waals surface area contributed by atoms with E-state index in [1.165, 1.54) is 6.07 Å². The summed E-state index contributed by atoms with van der Waals surface area (Å²) in [6.45, 7) is 2.07. The van der Waals surface area contributed by atoms with E-state index in [2.05, 4.69) is 5.32 Å². The van der Waals surface area contributed by atoms with Crippen molar-refractivity contribution in [2.24, 2.45) is 0 Å². The minimum Gasteiger partial charge on any atom is -0.385 e. The van der Waals surface area contributed by atoms with Gasteiger partial charge in [0, 0.05) is 37.8 Å². The van der Waals surface area contributed by atoms with E-state index in [-0.39, 0.29) is 0 Å². The Balaban J connectivity index is 2.09. The summed E-state index contributed by atoms with van der Waals surface area (Å²) in [5, 5.41) is 3.25. The first-order chi connectivity index (χ1) is 10.5. The fourth-order valence-electron chi connectivity index (χ4n) is 2.20. The molecule has 1 heterocycles. The molecule has 0 atom stereocenters. The third-order valence-corrected chi connectivity index (χ3v) is 3.29. The lowest BCUT2D eigenvalue weighted by atomic mass is 10.2. The number of aromatic nitrogens is 1. The Kier molecular flexibility index (Phi) is 5.63. The highest BCUT2D eigenvalue weighted by atomic mass is 19.4. The first-order valence-corrected chi connectivity index (χ1v) is 7.06. The van der Waals surface area contributed by atoms with E-state index < -0.39 is 11.7 Å². The number of benzene rings is 1. The minimum atomic E-state index is -4.33. The van der Waals surface area contributed by atoms with Gasteiger partial charge in [0.1, 0.15) is 0 Å². The Morgan fingerprint density at radius 3 is 2.73 bits per heavy atom. The van der Waals surface area contributed by atoms with Crippen LogP contribution in [0.5, 0.6) is 0 Å². The summed E-state index contributed by atoms with van der Waals surface area (Å²) >= 11 is 0. The molecule has 3 nitrogen and oxygen atoms in total. The van der Waals surface area contributed by atoms with Gasteiger partial charge >= 0.3 is 6.18 Å². The van der Waals surface area contributed by atoms with E-state index in [0.29, 0.717) is 18.8 Å². The van der Waals surface area contributed by atoms with Gasteiger partial charge in [0.05, 0.1) is 5.56 Å². The van der Waals surface area contributed by atoms with E-state index in [4.69, 9.17) is 4.74 Å². The zero-order valence-electron chi connectivity index (χ0n) is 12.4. The molecule has 0 fully saturated rings. The third-order valence-electron chi connectivity index (χ3n) is 3.29. The lowest BCUT2D eigenvalue weighted by Crippen LogP contribution is -2.18. The normalized spacial score (nSPS) is 11.8. The van der Waals surface area contributed by atoms with Gasteiger partial charge in [-0.05, 0) is 43.3 Å². The molecule has 0 unspecified atom stereocenters. The van der Waals surface area contributed by atoms with Gasteiger partial charge in [0.25, 0.3) is 0 Å². The van der Waals surface area contributed by atoms with Crippen LogP contribution in [0.25, 0.3) is 5.69 Å². The summed E-state index contributed by atoms with van der Waals surface area (Å²) in [7, 11) is 1.65. The van der Waals surface area contributed by atoms with E-state index in [9.17, 15) is 13.2 Å². The average Bonchev–Trinajstić information content (AvgIpc) is 2.95. The van der Waals surface area contributed by atoms with Gasteiger partial charge in [-0.25, -0.2) is 0 Å². The molecule has 0 amide bonds. The van der Waals surface area contributed by atoms with Gasteiger partial charge in [-0.3, -0.25) is 0 Å². The molecule has 0 aliphatic heterocycles. The molecule has 0 radical (unpaired) electrons. The first-order valence-electron chi connectivity index (χ1n) is 7.06. The largest absolute Gasteiger partial charge is 0.416 e. The molecule has 1 aromatic carbocycles. The van der Waals surface area contributed by atoms with Crippen LogP contribution in [0.2, 0.25) is 0 Å². The summed E-state index contributed by atoms with van der Waals surface area (Å²) in [6, 6.07) is 9.05. The maximum absolute atomic E-state index is 12.8. The van der Waals surface area contributed by atoms with Crippen molar-refractivity contribution in [3.63, 3.8) is 0 Å². The number of hydrogen-bond acceptors (Lipinski definition) is 2. The predicted molar refractivity (Wildman–Crippen MR) is 79.0 cm³/mol. The van der Waals surface area contributed by atoms with Gasteiger partial charge in [-0.1, -0.05) is 6.07 Å². The van der Waals surface area contributed by atoms with Crippen LogP contribution < -0.4 is 5.32 Å². The van der Waals surface area contributed by atoms with E-state index in [1.54, 1.807) is 23.9 Å². The van der Waals surface area contributed by atoms with Crippen molar-refractivity contribution in [3.8, 4) is 5.69 Å². The monoisotopic (exact) mass is 312 g/mol. The average molecular weight is 312 g/mol. The molecule has 2 aromatic rings. The molecule has 0 spiro atoms. The second kappa shape index (κ2) is 7.47. The number of rotatable bonds is 7. The van der Waals surface area contributed by atoms with Crippen molar-refractivity contribution in [1.82, 2.24) is 9.88 Å². The summed E-state index contributed by atoms with van der Waals surface area (Å²) < 4.78 is 45.1. The molecule has 0 bridgehead atoms. The molecule has 0 saturated heterocycles. The van der Waals surface area contributed by atoms with Crippen LogP contribution in [-0.4, -0.2) is 24.8 Å². The van der Waals surface area contributed by atoms with Crippen LogP contribution in [0.1, 0.15) is 17.7 Å². The molecule has 0 aliphatic carbocycles. The highest BCUT2D eigenvalue weighted by Crippen LogP contribution is 2.30.